The van der Waals surface area contributed by atoms with E-state index in [2.05, 4.69) is 0 Å². The molecule has 0 N–H and O–H groups in total. The van der Waals surface area contributed by atoms with Gasteiger partial charge in [0.25, 0.3) is 11.2 Å². The summed E-state index contributed by atoms with van der Waals surface area (Å²) >= 11 is 0. The molecule has 1 fully saturated rings. The number of fused-ring (bicyclic) bond motifs is 1. The van der Waals surface area contributed by atoms with Crippen molar-refractivity contribution in [2.45, 2.75) is 51.8 Å². The van der Waals surface area contributed by atoms with Gasteiger partial charge in [0.1, 0.15) is 5.60 Å². The summed E-state index contributed by atoms with van der Waals surface area (Å²) in [5.41, 5.74) is -0.969. The molecular formula is C19H23N3O5. The van der Waals surface area contributed by atoms with Gasteiger partial charge in [-0.05, 0) is 45.7 Å². The van der Waals surface area contributed by atoms with Crippen LogP contribution in [0.25, 0.3) is 10.8 Å². The lowest BCUT2D eigenvalue weighted by molar-refractivity contribution is -0.383. The van der Waals surface area contributed by atoms with Crippen LogP contribution in [0, 0.1) is 10.1 Å². The molecule has 1 aromatic carbocycles. The van der Waals surface area contributed by atoms with Gasteiger partial charge in [0.2, 0.25) is 0 Å². The molecule has 8 nitrogen and oxygen atoms in total. The number of amides is 1. The van der Waals surface area contributed by atoms with Crippen LogP contribution < -0.4 is 5.56 Å². The van der Waals surface area contributed by atoms with Crippen molar-refractivity contribution in [3.63, 3.8) is 0 Å². The Hall–Kier alpha value is -2.90. The average molecular weight is 373 g/mol. The van der Waals surface area contributed by atoms with Crippen LogP contribution in [0.4, 0.5) is 10.5 Å². The first-order valence-corrected chi connectivity index (χ1v) is 8.93. The van der Waals surface area contributed by atoms with E-state index in [4.69, 9.17) is 4.74 Å². The molecule has 2 aromatic rings. The molecule has 0 unspecified atom stereocenters. The zero-order valence-electron chi connectivity index (χ0n) is 15.7. The van der Waals surface area contributed by atoms with Gasteiger partial charge >= 0.3 is 6.09 Å². The van der Waals surface area contributed by atoms with Gasteiger partial charge in [-0.25, -0.2) is 4.79 Å². The molecule has 0 radical (unpaired) electrons. The minimum absolute atomic E-state index is 0.0898. The van der Waals surface area contributed by atoms with E-state index in [9.17, 15) is 19.7 Å². The van der Waals surface area contributed by atoms with Gasteiger partial charge in [-0.3, -0.25) is 14.9 Å². The fraction of sp³-hybridized carbons (Fsp3) is 0.474. The van der Waals surface area contributed by atoms with Crippen LogP contribution in [0.1, 0.15) is 33.6 Å². The van der Waals surface area contributed by atoms with E-state index in [0.29, 0.717) is 23.9 Å². The van der Waals surface area contributed by atoms with E-state index >= 15 is 0 Å². The van der Waals surface area contributed by atoms with E-state index in [-0.39, 0.29) is 23.4 Å². The highest BCUT2D eigenvalue weighted by atomic mass is 16.6. The van der Waals surface area contributed by atoms with Crippen molar-refractivity contribution in [3.05, 3.63) is 50.9 Å². The predicted octanol–water partition coefficient (Wildman–Crippen LogP) is 3.31. The van der Waals surface area contributed by atoms with Crippen LogP contribution in [0.15, 0.2) is 35.3 Å². The second-order valence-electron chi connectivity index (χ2n) is 7.74. The topological polar surface area (TPSA) is 94.7 Å². The number of aromatic nitrogens is 1. The number of hydrogen-bond acceptors (Lipinski definition) is 5. The molecule has 0 saturated carbocycles. The number of benzene rings is 1. The zero-order chi connectivity index (χ0) is 19.8. The molecule has 2 heterocycles. The molecule has 0 bridgehead atoms. The first-order valence-electron chi connectivity index (χ1n) is 8.93. The summed E-state index contributed by atoms with van der Waals surface area (Å²) in [4.78, 5) is 37.6. The van der Waals surface area contributed by atoms with Crippen LogP contribution in [0.3, 0.4) is 0 Å². The summed E-state index contributed by atoms with van der Waals surface area (Å²) in [7, 11) is 0. The molecule has 144 valence electrons. The van der Waals surface area contributed by atoms with Gasteiger partial charge in [0.15, 0.2) is 0 Å². The molecule has 1 amide bonds. The molecular weight excluding hydrogens is 350 g/mol. The number of rotatable bonds is 3. The van der Waals surface area contributed by atoms with Gasteiger partial charge in [-0.15, -0.1) is 0 Å². The van der Waals surface area contributed by atoms with Crippen LogP contribution in [-0.2, 0) is 11.3 Å². The lowest BCUT2D eigenvalue weighted by Crippen LogP contribution is -2.42. The minimum Gasteiger partial charge on any atom is -0.444 e. The number of carbonyl (C=O) groups excluding carboxylic acids is 1. The summed E-state index contributed by atoms with van der Waals surface area (Å²) in [6.45, 7) is 6.37. The molecule has 0 spiro atoms. The lowest BCUT2D eigenvalue weighted by Gasteiger charge is -2.29. The number of likely N-dealkylation sites (tertiary alicyclic amines) is 1. The summed E-state index contributed by atoms with van der Waals surface area (Å²) in [6, 6.07) is 5.92. The second-order valence-corrected chi connectivity index (χ2v) is 7.74. The Kier molecular flexibility index (Phi) is 4.91. The zero-order valence-corrected chi connectivity index (χ0v) is 15.7. The Labute approximate surface area is 156 Å². The average Bonchev–Trinajstić information content (AvgIpc) is 3.03. The summed E-state index contributed by atoms with van der Waals surface area (Å²) in [6.07, 6.45) is 2.80. The number of non-ortho nitro benzene ring substituents is 1. The van der Waals surface area contributed by atoms with Crippen molar-refractivity contribution < 1.29 is 14.5 Å². The van der Waals surface area contributed by atoms with Crippen molar-refractivity contribution in [3.8, 4) is 0 Å². The Bertz CT molecular complexity index is 944. The number of nitro benzene ring substituents is 1. The third-order valence-electron chi connectivity index (χ3n) is 4.60. The number of ether oxygens (including phenoxy) is 1. The monoisotopic (exact) mass is 373 g/mol. The minimum atomic E-state index is -0.580. The van der Waals surface area contributed by atoms with Crippen molar-refractivity contribution in [2.24, 2.45) is 0 Å². The van der Waals surface area contributed by atoms with Gasteiger partial charge in [0.05, 0.1) is 21.7 Å². The maximum atomic E-state index is 12.8. The Morgan fingerprint density at radius 3 is 2.70 bits per heavy atom. The van der Waals surface area contributed by atoms with E-state index in [1.54, 1.807) is 23.2 Å². The van der Waals surface area contributed by atoms with Crippen molar-refractivity contribution in [1.82, 2.24) is 9.47 Å². The number of carbonyl (C=O) groups is 1. The van der Waals surface area contributed by atoms with Crippen molar-refractivity contribution >= 4 is 22.6 Å². The molecule has 1 aromatic heterocycles. The molecule has 27 heavy (non-hydrogen) atoms. The first-order chi connectivity index (χ1) is 12.7. The van der Waals surface area contributed by atoms with Crippen LogP contribution in [0.5, 0.6) is 0 Å². The quantitative estimate of drug-likeness (QED) is 0.608. The summed E-state index contributed by atoms with van der Waals surface area (Å²) < 4.78 is 6.97. The number of nitrogens with zero attached hydrogens (tertiary/aromatic N) is 3. The van der Waals surface area contributed by atoms with Crippen LogP contribution in [-0.4, -0.2) is 38.7 Å². The molecule has 0 aliphatic carbocycles. The summed E-state index contributed by atoms with van der Waals surface area (Å²) in [5.74, 6) is 0. The maximum Gasteiger partial charge on any atom is 0.410 e. The number of pyridine rings is 1. The van der Waals surface area contributed by atoms with Gasteiger partial charge in [-0.2, -0.15) is 0 Å². The lowest BCUT2D eigenvalue weighted by atomic mass is 10.1. The highest BCUT2D eigenvalue weighted by Gasteiger charge is 2.32. The normalized spacial score (nSPS) is 17.3. The molecule has 1 saturated heterocycles. The van der Waals surface area contributed by atoms with Crippen molar-refractivity contribution in [1.29, 1.82) is 0 Å². The molecule has 8 heteroatoms. The second kappa shape index (κ2) is 7.02. The van der Waals surface area contributed by atoms with Gasteiger partial charge in [0, 0.05) is 25.4 Å². The molecule has 3 rings (SSSR count). The maximum absolute atomic E-state index is 12.8. The Morgan fingerprint density at radius 2 is 2.04 bits per heavy atom. The third-order valence-corrected chi connectivity index (χ3v) is 4.60. The van der Waals surface area contributed by atoms with Crippen LogP contribution in [0.2, 0.25) is 0 Å². The standard InChI is InChI=1S/C19H23N3O5/c1-19(2,3)27-18(24)21-10-5-6-13(21)12-20-11-9-14-15(17(20)23)7-4-8-16(14)22(25)26/h4,7-9,11,13H,5-6,10,12H2,1-3H3/t13-/m0/s1. The summed E-state index contributed by atoms with van der Waals surface area (Å²) in [5, 5.41) is 11.8. The van der Waals surface area contributed by atoms with E-state index in [1.165, 1.54) is 16.7 Å². The molecule has 1 aliphatic heterocycles. The smallest absolute Gasteiger partial charge is 0.410 e. The third kappa shape index (κ3) is 3.94. The first kappa shape index (κ1) is 18.9. The van der Waals surface area contributed by atoms with Crippen LogP contribution >= 0.6 is 0 Å². The van der Waals surface area contributed by atoms with E-state index in [0.717, 1.165) is 12.8 Å². The largest absolute Gasteiger partial charge is 0.444 e. The fourth-order valence-electron chi connectivity index (χ4n) is 3.42. The van der Waals surface area contributed by atoms with Gasteiger partial charge < -0.3 is 14.2 Å². The highest BCUT2D eigenvalue weighted by Crippen LogP contribution is 2.24. The van der Waals surface area contributed by atoms with E-state index in [1.807, 2.05) is 20.8 Å². The van der Waals surface area contributed by atoms with Crippen molar-refractivity contribution in [2.75, 3.05) is 6.54 Å². The predicted molar refractivity (Wildman–Crippen MR) is 101 cm³/mol. The number of nitro groups is 1. The number of hydrogen-bond donors (Lipinski definition) is 0. The van der Waals surface area contributed by atoms with E-state index < -0.39 is 10.5 Å². The molecule has 1 aliphatic rings. The highest BCUT2D eigenvalue weighted by molar-refractivity contribution is 5.89. The van der Waals surface area contributed by atoms with Gasteiger partial charge in [-0.1, -0.05) is 6.07 Å². The Morgan fingerprint density at radius 1 is 1.30 bits per heavy atom. The fourth-order valence-corrected chi connectivity index (χ4v) is 3.42. The Balaban J connectivity index is 1.88. The SMILES string of the molecule is CC(C)(C)OC(=O)N1CCC[C@H]1Cn1ccc2c([N+](=O)[O-])cccc2c1=O. The molecule has 1 atom stereocenters.